The molecule has 0 heterocycles. The molecular weight excluding hydrogens is 268 g/mol. The van der Waals surface area contributed by atoms with Crippen molar-refractivity contribution in [2.24, 2.45) is 0 Å². The van der Waals surface area contributed by atoms with Gasteiger partial charge in [-0.05, 0) is 45.8 Å². The molecule has 1 amide bonds. The molecule has 1 aromatic rings. The van der Waals surface area contributed by atoms with Crippen molar-refractivity contribution in [2.75, 3.05) is 14.1 Å². The summed E-state index contributed by atoms with van der Waals surface area (Å²) in [5.74, 6) is -1.20. The molecular formula is C16H22N2O3. The summed E-state index contributed by atoms with van der Waals surface area (Å²) in [6, 6.07) is 7.24. The second-order valence-corrected chi connectivity index (χ2v) is 6.01. The molecule has 1 unspecified atom stereocenters. The Morgan fingerprint density at radius 3 is 2.19 bits per heavy atom. The number of carboxylic acids is 1. The van der Waals surface area contributed by atoms with Crippen LogP contribution in [0.15, 0.2) is 24.3 Å². The highest BCUT2D eigenvalue weighted by atomic mass is 16.4. The minimum Gasteiger partial charge on any atom is -0.480 e. The Morgan fingerprint density at radius 1 is 1.24 bits per heavy atom. The summed E-state index contributed by atoms with van der Waals surface area (Å²) in [5.41, 5.74) is 0.913. The second-order valence-electron chi connectivity index (χ2n) is 6.01. The maximum Gasteiger partial charge on any atom is 0.329 e. The van der Waals surface area contributed by atoms with Gasteiger partial charge in [0.25, 0.3) is 0 Å². The fourth-order valence-electron chi connectivity index (χ4n) is 2.66. The quantitative estimate of drug-likeness (QED) is 0.866. The van der Waals surface area contributed by atoms with Crippen LogP contribution >= 0.6 is 0 Å². The van der Waals surface area contributed by atoms with Crippen LogP contribution in [-0.4, -0.2) is 41.5 Å². The standard InChI is InChI=1S/C16H22N2O3/c1-11-5-7-12(8-6-11)13(18(2)3)14(19)17-16(15(20)21)9-4-10-16/h5-8,13H,4,9-10H2,1-3H3,(H,17,19)(H,20,21). The number of hydrogen-bond donors (Lipinski definition) is 2. The van der Waals surface area contributed by atoms with Gasteiger partial charge in [0.15, 0.2) is 0 Å². The van der Waals surface area contributed by atoms with Crippen LogP contribution in [-0.2, 0) is 9.59 Å². The number of nitrogens with one attached hydrogen (secondary N) is 1. The summed E-state index contributed by atoms with van der Waals surface area (Å²) in [7, 11) is 3.64. The Kier molecular flexibility index (Phi) is 4.32. The van der Waals surface area contributed by atoms with Crippen molar-refractivity contribution in [3.63, 3.8) is 0 Å². The number of carbonyl (C=O) groups is 2. The second kappa shape index (κ2) is 5.85. The molecule has 21 heavy (non-hydrogen) atoms. The van der Waals surface area contributed by atoms with E-state index in [9.17, 15) is 14.7 Å². The van der Waals surface area contributed by atoms with Crippen LogP contribution in [0.4, 0.5) is 0 Å². The van der Waals surface area contributed by atoms with E-state index in [1.165, 1.54) is 0 Å². The molecule has 2 N–H and O–H groups in total. The molecule has 1 fully saturated rings. The molecule has 114 valence electrons. The highest BCUT2D eigenvalue weighted by Gasteiger charge is 2.46. The van der Waals surface area contributed by atoms with Crippen LogP contribution in [0, 0.1) is 6.92 Å². The zero-order chi connectivity index (χ0) is 15.6. The van der Waals surface area contributed by atoms with E-state index in [0.717, 1.165) is 17.5 Å². The van der Waals surface area contributed by atoms with Gasteiger partial charge in [0.05, 0.1) is 0 Å². The number of benzene rings is 1. The maximum absolute atomic E-state index is 12.6. The number of aryl methyl sites for hydroxylation is 1. The van der Waals surface area contributed by atoms with Crippen LogP contribution in [0.3, 0.4) is 0 Å². The summed E-state index contributed by atoms with van der Waals surface area (Å²) < 4.78 is 0. The van der Waals surface area contributed by atoms with E-state index >= 15 is 0 Å². The van der Waals surface area contributed by atoms with E-state index in [1.807, 2.05) is 45.3 Å². The molecule has 5 nitrogen and oxygen atoms in total. The third-order valence-electron chi connectivity index (χ3n) is 4.14. The summed E-state index contributed by atoms with van der Waals surface area (Å²) in [6.07, 6.45) is 1.84. The third-order valence-corrected chi connectivity index (χ3v) is 4.14. The van der Waals surface area contributed by atoms with Gasteiger partial charge in [-0.2, -0.15) is 0 Å². The predicted octanol–water partition coefficient (Wildman–Crippen LogP) is 1.72. The largest absolute Gasteiger partial charge is 0.480 e. The first-order valence-corrected chi connectivity index (χ1v) is 7.14. The summed E-state index contributed by atoms with van der Waals surface area (Å²) in [6.45, 7) is 1.99. The van der Waals surface area contributed by atoms with E-state index in [2.05, 4.69) is 5.32 Å². The van der Waals surface area contributed by atoms with Crippen molar-refractivity contribution in [2.45, 2.75) is 37.8 Å². The maximum atomic E-state index is 12.6. The lowest BCUT2D eigenvalue weighted by molar-refractivity contribution is -0.152. The minimum absolute atomic E-state index is 0.258. The van der Waals surface area contributed by atoms with Gasteiger partial charge in [-0.1, -0.05) is 29.8 Å². The van der Waals surface area contributed by atoms with Crippen molar-refractivity contribution in [3.8, 4) is 0 Å². The van der Waals surface area contributed by atoms with Gasteiger partial charge >= 0.3 is 5.97 Å². The molecule has 5 heteroatoms. The summed E-state index contributed by atoms with van der Waals surface area (Å²) in [4.78, 5) is 25.8. The van der Waals surface area contributed by atoms with E-state index in [4.69, 9.17) is 0 Å². The number of carboxylic acid groups (broad SMARTS) is 1. The highest BCUT2D eigenvalue weighted by Crippen LogP contribution is 2.33. The molecule has 2 rings (SSSR count). The number of amides is 1. The first kappa shape index (κ1) is 15.5. The van der Waals surface area contributed by atoms with Crippen molar-refractivity contribution in [3.05, 3.63) is 35.4 Å². The zero-order valence-electron chi connectivity index (χ0n) is 12.7. The van der Waals surface area contributed by atoms with Crippen molar-refractivity contribution in [1.29, 1.82) is 0 Å². The molecule has 0 aromatic heterocycles. The molecule has 0 aliphatic heterocycles. The van der Waals surface area contributed by atoms with Gasteiger partial charge in [0.2, 0.25) is 5.91 Å². The van der Waals surface area contributed by atoms with Crippen LogP contribution in [0.2, 0.25) is 0 Å². The number of carbonyl (C=O) groups excluding carboxylic acids is 1. The molecule has 1 aromatic carbocycles. The Hall–Kier alpha value is -1.88. The van der Waals surface area contributed by atoms with Gasteiger partial charge in [-0.3, -0.25) is 9.69 Å². The summed E-state index contributed by atoms with van der Waals surface area (Å²) in [5, 5.41) is 12.1. The van der Waals surface area contributed by atoms with Gasteiger partial charge in [-0.15, -0.1) is 0 Å². The highest BCUT2D eigenvalue weighted by molar-refractivity contribution is 5.90. The average molecular weight is 290 g/mol. The molecule has 1 saturated carbocycles. The van der Waals surface area contributed by atoms with Crippen molar-refractivity contribution >= 4 is 11.9 Å². The number of likely N-dealkylation sites (N-methyl/N-ethyl adjacent to an activating group) is 1. The number of aliphatic carboxylic acids is 1. The molecule has 1 aliphatic carbocycles. The van der Waals surface area contributed by atoms with Crippen LogP contribution < -0.4 is 5.32 Å². The Morgan fingerprint density at radius 2 is 1.81 bits per heavy atom. The minimum atomic E-state index is -1.07. The predicted molar refractivity (Wildman–Crippen MR) is 80.0 cm³/mol. The van der Waals surface area contributed by atoms with Crippen molar-refractivity contribution in [1.82, 2.24) is 10.2 Å². The molecule has 0 saturated heterocycles. The molecule has 0 radical (unpaired) electrons. The normalized spacial score (nSPS) is 17.9. The first-order valence-electron chi connectivity index (χ1n) is 7.14. The molecule has 0 bridgehead atoms. The van der Waals surface area contributed by atoms with Gasteiger partial charge in [0, 0.05) is 0 Å². The fraction of sp³-hybridized carbons (Fsp3) is 0.500. The average Bonchev–Trinajstić information content (AvgIpc) is 2.35. The number of hydrogen-bond acceptors (Lipinski definition) is 3. The van der Waals surface area contributed by atoms with Crippen molar-refractivity contribution < 1.29 is 14.7 Å². The van der Waals surface area contributed by atoms with E-state index in [-0.39, 0.29) is 5.91 Å². The molecule has 1 atom stereocenters. The molecule has 0 spiro atoms. The Bertz CT molecular complexity index is 533. The lowest BCUT2D eigenvalue weighted by atomic mass is 9.76. The Labute approximate surface area is 125 Å². The number of nitrogens with zero attached hydrogens (tertiary/aromatic N) is 1. The van der Waals surface area contributed by atoms with Gasteiger partial charge in [-0.25, -0.2) is 4.79 Å². The lowest BCUT2D eigenvalue weighted by Gasteiger charge is -2.39. The van der Waals surface area contributed by atoms with Crippen LogP contribution in [0.1, 0.15) is 36.4 Å². The first-order chi connectivity index (χ1) is 9.85. The number of rotatable bonds is 5. The van der Waals surface area contributed by atoms with E-state index in [1.54, 1.807) is 4.90 Å². The van der Waals surface area contributed by atoms with Gasteiger partial charge in [0.1, 0.15) is 11.6 Å². The Balaban J connectivity index is 2.20. The monoisotopic (exact) mass is 290 g/mol. The lowest BCUT2D eigenvalue weighted by Crippen LogP contribution is -2.60. The fourth-order valence-corrected chi connectivity index (χ4v) is 2.66. The van der Waals surface area contributed by atoms with E-state index in [0.29, 0.717) is 12.8 Å². The van der Waals surface area contributed by atoms with Gasteiger partial charge < -0.3 is 10.4 Å². The third kappa shape index (κ3) is 3.08. The topological polar surface area (TPSA) is 69.6 Å². The smallest absolute Gasteiger partial charge is 0.329 e. The van der Waals surface area contributed by atoms with Crippen LogP contribution in [0.5, 0.6) is 0 Å². The van der Waals surface area contributed by atoms with Crippen LogP contribution in [0.25, 0.3) is 0 Å². The SMILES string of the molecule is Cc1ccc(C(C(=O)NC2(C(=O)O)CCC2)N(C)C)cc1. The zero-order valence-corrected chi connectivity index (χ0v) is 12.7. The van der Waals surface area contributed by atoms with E-state index < -0.39 is 17.6 Å². The summed E-state index contributed by atoms with van der Waals surface area (Å²) >= 11 is 0. The molecule has 1 aliphatic rings.